The van der Waals surface area contributed by atoms with Crippen molar-refractivity contribution in [2.24, 2.45) is 0 Å². The number of halogens is 2. The first-order chi connectivity index (χ1) is 31.2. The average molecular weight is 939 g/mol. The molecule has 0 spiro atoms. The zero-order valence-corrected chi connectivity index (χ0v) is 38.6. The summed E-state index contributed by atoms with van der Waals surface area (Å²) in [5, 5.41) is 17.5. The summed E-state index contributed by atoms with van der Waals surface area (Å²) in [5.41, 5.74) is 5.90. The normalized spacial score (nSPS) is 9.95. The van der Waals surface area contributed by atoms with Crippen molar-refractivity contribution in [2.45, 2.75) is 18.7 Å². The summed E-state index contributed by atoms with van der Waals surface area (Å²) in [4.78, 5) is 61.8. The molecular weight excluding hydrogens is 890 g/mol. The van der Waals surface area contributed by atoms with Crippen LogP contribution in [0.4, 0.5) is 54.2 Å². The number of thioether (sulfide) groups is 1. The van der Waals surface area contributed by atoms with Crippen molar-refractivity contribution < 1.29 is 33.4 Å². The Kier molecular flexibility index (Phi) is 20.5. The van der Waals surface area contributed by atoms with Gasteiger partial charge in [0.2, 0.25) is 0 Å². The van der Waals surface area contributed by atoms with E-state index < -0.39 is 0 Å². The SMILES string of the molecule is CCOC(=O)c1ccc(NC(=O)Nc2ccc(Cl)cc2)cc1.CCOC(=O)c1ccc(NC(=O)Nc2ccc(SC)cc2)cc1.CN(C)c1ccc(NC(=O)Nc2ccc(Cl)cc2)cc1. The fourth-order valence-corrected chi connectivity index (χ4v) is 5.93. The lowest BCUT2D eigenvalue weighted by Gasteiger charge is -2.13. The molecule has 6 rings (SSSR count). The number of carbonyl (C=O) groups is 5. The molecule has 0 aliphatic heterocycles. The van der Waals surface area contributed by atoms with Crippen LogP contribution < -0.4 is 36.8 Å². The molecule has 0 fully saturated rings. The number of urea groups is 3. The van der Waals surface area contributed by atoms with E-state index in [2.05, 4.69) is 31.9 Å². The smallest absolute Gasteiger partial charge is 0.338 e. The maximum absolute atomic E-state index is 11.9. The molecule has 6 aromatic carbocycles. The van der Waals surface area contributed by atoms with Crippen molar-refractivity contribution in [2.75, 3.05) is 70.4 Å². The molecule has 0 saturated carbocycles. The van der Waals surface area contributed by atoms with Crippen LogP contribution >= 0.6 is 35.0 Å². The topological polar surface area (TPSA) is 179 Å². The second-order valence-electron chi connectivity index (χ2n) is 13.5. The number of nitrogens with one attached hydrogen (secondary N) is 6. The number of hydrogen-bond acceptors (Lipinski definition) is 9. The van der Waals surface area contributed by atoms with E-state index in [0.717, 1.165) is 16.3 Å². The number of amides is 6. The molecule has 0 aliphatic rings. The third kappa shape index (κ3) is 18.2. The largest absolute Gasteiger partial charge is 0.462 e. The predicted molar refractivity (Wildman–Crippen MR) is 265 cm³/mol. The highest BCUT2D eigenvalue weighted by Crippen LogP contribution is 2.20. The zero-order chi connectivity index (χ0) is 47.1. The summed E-state index contributed by atoms with van der Waals surface area (Å²) in [6.45, 7) is 4.15. The average Bonchev–Trinajstić information content (AvgIpc) is 3.29. The van der Waals surface area contributed by atoms with E-state index in [1.165, 1.54) is 0 Å². The van der Waals surface area contributed by atoms with Crippen LogP contribution in [-0.4, -0.2) is 63.6 Å². The standard InChI is InChI=1S/C17H18N2O3S.C16H15ClN2O3.C15H16ClN3O/c1-3-22-16(20)12-4-6-13(7-5-12)18-17(21)19-14-8-10-15(23-2)11-9-14;1-2-22-15(20)11-3-7-13(8-4-11)18-16(21)19-14-9-5-12(17)6-10-14;1-19(2)14-9-7-13(8-10-14)18-15(20)17-12-5-3-11(16)4-6-12/h4-11H,3H2,1-2H3,(H2,18,19,21);3-10H,2H2,1H3,(H2,18,19,21);3-10H,1-2H3,(H2,17,18,20). The number of hydrogen-bond donors (Lipinski definition) is 6. The van der Waals surface area contributed by atoms with Gasteiger partial charge < -0.3 is 46.3 Å². The summed E-state index contributed by atoms with van der Waals surface area (Å²) in [6.07, 6.45) is 2.00. The van der Waals surface area contributed by atoms with Crippen LogP contribution in [0, 0.1) is 0 Å². The summed E-state index contributed by atoms with van der Waals surface area (Å²) in [7, 11) is 3.94. The molecule has 6 aromatic rings. The van der Waals surface area contributed by atoms with Gasteiger partial charge in [0.15, 0.2) is 0 Å². The van der Waals surface area contributed by atoms with Gasteiger partial charge in [0.05, 0.1) is 24.3 Å². The lowest BCUT2D eigenvalue weighted by Crippen LogP contribution is -2.19. The van der Waals surface area contributed by atoms with Crippen molar-refractivity contribution in [1.82, 2.24) is 0 Å². The molecule has 0 heterocycles. The van der Waals surface area contributed by atoms with Gasteiger partial charge in [-0.3, -0.25) is 0 Å². The van der Waals surface area contributed by atoms with Crippen LogP contribution in [-0.2, 0) is 9.47 Å². The lowest BCUT2D eigenvalue weighted by atomic mass is 10.2. The molecule has 0 saturated heterocycles. The van der Waals surface area contributed by atoms with Gasteiger partial charge in [-0.15, -0.1) is 11.8 Å². The Hall–Kier alpha value is -7.20. The van der Waals surface area contributed by atoms with Gasteiger partial charge >= 0.3 is 30.0 Å². The minimum atomic E-state index is -0.389. The Bertz CT molecular complexity index is 2460. The van der Waals surface area contributed by atoms with Gasteiger partial charge in [0, 0.05) is 68.8 Å². The number of anilines is 7. The van der Waals surface area contributed by atoms with Gasteiger partial charge in [0.1, 0.15) is 0 Å². The Morgan fingerprint density at radius 3 is 0.969 bits per heavy atom. The highest BCUT2D eigenvalue weighted by atomic mass is 35.5. The van der Waals surface area contributed by atoms with Crippen molar-refractivity contribution in [3.8, 4) is 0 Å². The summed E-state index contributed by atoms with van der Waals surface area (Å²) in [6, 6.07) is 40.9. The molecule has 0 bridgehead atoms. The highest BCUT2D eigenvalue weighted by molar-refractivity contribution is 7.98. The van der Waals surface area contributed by atoms with Gasteiger partial charge in [-0.05, 0) is 166 Å². The molecule has 65 heavy (non-hydrogen) atoms. The van der Waals surface area contributed by atoms with Crippen molar-refractivity contribution in [3.63, 3.8) is 0 Å². The quantitative estimate of drug-likeness (QED) is 0.0514. The van der Waals surface area contributed by atoms with Crippen LogP contribution in [0.1, 0.15) is 34.6 Å². The second kappa shape index (κ2) is 26.4. The van der Waals surface area contributed by atoms with Gasteiger partial charge in [-0.1, -0.05) is 23.2 Å². The third-order valence-electron chi connectivity index (χ3n) is 8.50. The van der Waals surface area contributed by atoms with Crippen LogP contribution in [0.3, 0.4) is 0 Å². The summed E-state index contributed by atoms with van der Waals surface area (Å²) < 4.78 is 9.79. The molecule has 6 amide bonds. The molecular formula is C48H49Cl2N7O7S. The molecule has 6 N–H and O–H groups in total. The van der Waals surface area contributed by atoms with Crippen LogP contribution in [0.5, 0.6) is 0 Å². The Balaban J connectivity index is 0.000000214. The number of ether oxygens (including phenoxy) is 2. The van der Waals surface area contributed by atoms with Crippen LogP contribution in [0.2, 0.25) is 10.0 Å². The molecule has 0 aliphatic carbocycles. The summed E-state index contributed by atoms with van der Waals surface area (Å²) >= 11 is 13.2. The Morgan fingerprint density at radius 1 is 0.446 bits per heavy atom. The highest BCUT2D eigenvalue weighted by Gasteiger charge is 2.10. The molecule has 17 heteroatoms. The van der Waals surface area contributed by atoms with E-state index >= 15 is 0 Å². The molecule has 14 nitrogen and oxygen atoms in total. The second-order valence-corrected chi connectivity index (χ2v) is 15.3. The molecule has 0 atom stereocenters. The first-order valence-electron chi connectivity index (χ1n) is 20.0. The molecule has 0 unspecified atom stereocenters. The maximum atomic E-state index is 11.9. The van der Waals surface area contributed by atoms with E-state index in [4.69, 9.17) is 32.7 Å². The maximum Gasteiger partial charge on any atom is 0.338 e. The molecule has 338 valence electrons. The van der Waals surface area contributed by atoms with Crippen molar-refractivity contribution in [3.05, 3.63) is 167 Å². The number of esters is 2. The van der Waals surface area contributed by atoms with E-state index in [-0.39, 0.29) is 30.0 Å². The lowest BCUT2D eigenvalue weighted by molar-refractivity contribution is 0.0517. The van der Waals surface area contributed by atoms with Crippen molar-refractivity contribution in [1.29, 1.82) is 0 Å². The molecule has 0 aromatic heterocycles. The third-order valence-corrected chi connectivity index (χ3v) is 9.75. The first-order valence-corrected chi connectivity index (χ1v) is 21.9. The van der Waals surface area contributed by atoms with Gasteiger partial charge in [-0.2, -0.15) is 0 Å². The first kappa shape index (κ1) is 50.4. The van der Waals surface area contributed by atoms with E-state index in [1.807, 2.05) is 73.8 Å². The van der Waals surface area contributed by atoms with Crippen LogP contribution in [0.25, 0.3) is 0 Å². The monoisotopic (exact) mass is 937 g/mol. The van der Waals surface area contributed by atoms with Gasteiger partial charge in [-0.25, -0.2) is 24.0 Å². The number of rotatable bonds is 12. The number of benzene rings is 6. The van der Waals surface area contributed by atoms with E-state index in [1.54, 1.807) is 123 Å². The molecule has 0 radical (unpaired) electrons. The van der Waals surface area contributed by atoms with Crippen molar-refractivity contribution >= 4 is 105 Å². The Morgan fingerprint density at radius 2 is 0.708 bits per heavy atom. The zero-order valence-electron chi connectivity index (χ0n) is 36.2. The fourth-order valence-electron chi connectivity index (χ4n) is 5.27. The predicted octanol–water partition coefficient (Wildman–Crippen LogP) is 12.4. The van der Waals surface area contributed by atoms with Crippen LogP contribution in [0.15, 0.2) is 150 Å². The summed E-state index contributed by atoms with van der Waals surface area (Å²) in [5.74, 6) is -0.767. The minimum absolute atomic E-state index is 0.287. The number of carbonyl (C=O) groups excluding carboxylic acids is 5. The Labute approximate surface area is 392 Å². The van der Waals surface area contributed by atoms with E-state index in [9.17, 15) is 24.0 Å². The number of nitrogens with zero attached hydrogens (tertiary/aromatic N) is 1. The van der Waals surface area contributed by atoms with E-state index in [0.29, 0.717) is 62.8 Å². The fraction of sp³-hybridized carbons (Fsp3) is 0.146. The minimum Gasteiger partial charge on any atom is -0.462 e. The van der Waals surface area contributed by atoms with Gasteiger partial charge in [0.25, 0.3) is 0 Å².